The minimum atomic E-state index is -0.314. The fourth-order valence-corrected chi connectivity index (χ4v) is 1.92. The van der Waals surface area contributed by atoms with Gasteiger partial charge in [-0.15, -0.1) is 6.58 Å². The van der Waals surface area contributed by atoms with Crippen molar-refractivity contribution >= 4 is 18.0 Å². The van der Waals surface area contributed by atoms with Crippen LogP contribution >= 0.6 is 0 Å². The van der Waals surface area contributed by atoms with E-state index in [2.05, 4.69) is 6.58 Å². The molecular formula is C18H23NO4. The molecule has 0 aliphatic heterocycles. The second-order valence-corrected chi connectivity index (χ2v) is 4.74. The van der Waals surface area contributed by atoms with Gasteiger partial charge in [-0.05, 0) is 30.7 Å². The number of esters is 1. The van der Waals surface area contributed by atoms with Crippen LogP contribution in [-0.2, 0) is 14.3 Å². The summed E-state index contributed by atoms with van der Waals surface area (Å²) in [6, 6.07) is 7.40. The fraction of sp³-hybridized carbons (Fsp3) is 0.333. The van der Waals surface area contributed by atoms with Gasteiger partial charge in [0.1, 0.15) is 5.75 Å². The molecule has 1 aromatic carbocycles. The fourth-order valence-electron chi connectivity index (χ4n) is 1.92. The number of amides is 1. The summed E-state index contributed by atoms with van der Waals surface area (Å²) in [7, 11) is 1.59. The third kappa shape index (κ3) is 6.82. The summed E-state index contributed by atoms with van der Waals surface area (Å²) in [5, 5.41) is 0. The van der Waals surface area contributed by atoms with Gasteiger partial charge in [0.05, 0.1) is 20.1 Å². The van der Waals surface area contributed by atoms with Crippen LogP contribution in [0.3, 0.4) is 0 Å². The molecule has 5 nitrogen and oxygen atoms in total. The molecule has 1 aromatic rings. The normalized spacial score (nSPS) is 10.3. The number of hydrogen-bond acceptors (Lipinski definition) is 4. The lowest BCUT2D eigenvalue weighted by Gasteiger charge is -2.18. The molecular weight excluding hydrogens is 294 g/mol. The molecule has 0 heterocycles. The Morgan fingerprint density at radius 2 is 2.13 bits per heavy atom. The molecule has 23 heavy (non-hydrogen) atoms. The Morgan fingerprint density at radius 1 is 1.35 bits per heavy atom. The largest absolute Gasteiger partial charge is 0.497 e. The van der Waals surface area contributed by atoms with E-state index in [0.717, 1.165) is 11.3 Å². The van der Waals surface area contributed by atoms with Crippen LogP contribution in [-0.4, -0.2) is 43.6 Å². The van der Waals surface area contributed by atoms with E-state index in [0.29, 0.717) is 19.7 Å². The van der Waals surface area contributed by atoms with Crippen LogP contribution in [0.1, 0.15) is 18.9 Å². The molecule has 0 aromatic heterocycles. The van der Waals surface area contributed by atoms with Crippen molar-refractivity contribution in [3.63, 3.8) is 0 Å². The number of ether oxygens (including phenoxy) is 2. The zero-order valence-corrected chi connectivity index (χ0v) is 13.7. The van der Waals surface area contributed by atoms with Crippen LogP contribution < -0.4 is 4.74 Å². The third-order valence-corrected chi connectivity index (χ3v) is 3.06. The first kappa shape index (κ1) is 18.5. The Labute approximate surface area is 137 Å². The SMILES string of the molecule is C=CCN(CCC(=O)OCC)C(=O)/C=C/c1cccc(OC)c1. The number of carbonyl (C=O) groups excluding carboxylic acids is 2. The molecule has 0 fully saturated rings. The van der Waals surface area contributed by atoms with Crippen molar-refractivity contribution in [2.45, 2.75) is 13.3 Å². The Kier molecular flexibility index (Phi) is 8.21. The molecule has 0 radical (unpaired) electrons. The summed E-state index contributed by atoms with van der Waals surface area (Å²) in [4.78, 5) is 25.2. The summed E-state index contributed by atoms with van der Waals surface area (Å²) < 4.78 is 10.0. The second-order valence-electron chi connectivity index (χ2n) is 4.74. The van der Waals surface area contributed by atoms with E-state index >= 15 is 0 Å². The zero-order valence-electron chi connectivity index (χ0n) is 13.7. The van der Waals surface area contributed by atoms with Gasteiger partial charge in [-0.1, -0.05) is 18.2 Å². The van der Waals surface area contributed by atoms with Gasteiger partial charge < -0.3 is 14.4 Å². The molecule has 0 atom stereocenters. The van der Waals surface area contributed by atoms with Gasteiger partial charge in [-0.3, -0.25) is 9.59 Å². The summed E-state index contributed by atoms with van der Waals surface area (Å²) in [6.07, 6.45) is 4.98. The van der Waals surface area contributed by atoms with E-state index in [1.54, 1.807) is 31.1 Å². The molecule has 5 heteroatoms. The second kappa shape index (κ2) is 10.2. The van der Waals surface area contributed by atoms with E-state index < -0.39 is 0 Å². The Morgan fingerprint density at radius 3 is 2.78 bits per heavy atom. The van der Waals surface area contributed by atoms with Gasteiger partial charge in [0, 0.05) is 19.2 Å². The van der Waals surface area contributed by atoms with Gasteiger partial charge in [0.15, 0.2) is 0 Å². The first-order valence-corrected chi connectivity index (χ1v) is 7.48. The van der Waals surface area contributed by atoms with Crippen molar-refractivity contribution < 1.29 is 19.1 Å². The number of rotatable bonds is 9. The number of nitrogens with zero attached hydrogens (tertiary/aromatic N) is 1. The maximum atomic E-state index is 12.2. The minimum absolute atomic E-state index is 0.167. The van der Waals surface area contributed by atoms with E-state index in [1.807, 2.05) is 24.3 Å². The predicted molar refractivity (Wildman–Crippen MR) is 90.1 cm³/mol. The molecule has 124 valence electrons. The average molecular weight is 317 g/mol. The topological polar surface area (TPSA) is 55.8 Å². The van der Waals surface area contributed by atoms with E-state index in [4.69, 9.17) is 9.47 Å². The highest BCUT2D eigenvalue weighted by atomic mass is 16.5. The van der Waals surface area contributed by atoms with Crippen LogP contribution in [0.4, 0.5) is 0 Å². The molecule has 1 rings (SSSR count). The molecule has 0 N–H and O–H groups in total. The number of benzene rings is 1. The quantitative estimate of drug-likeness (QED) is 0.399. The highest BCUT2D eigenvalue weighted by molar-refractivity contribution is 5.92. The molecule has 0 spiro atoms. The van der Waals surface area contributed by atoms with Crippen LogP contribution in [0.25, 0.3) is 6.08 Å². The van der Waals surface area contributed by atoms with Crippen molar-refractivity contribution in [1.82, 2.24) is 4.90 Å². The molecule has 0 aliphatic carbocycles. The molecule has 0 saturated carbocycles. The van der Waals surface area contributed by atoms with Gasteiger partial charge in [0.2, 0.25) is 5.91 Å². The molecule has 0 unspecified atom stereocenters. The lowest BCUT2D eigenvalue weighted by molar-refractivity contribution is -0.143. The van der Waals surface area contributed by atoms with E-state index in [-0.39, 0.29) is 18.3 Å². The maximum Gasteiger partial charge on any atom is 0.307 e. The van der Waals surface area contributed by atoms with Crippen LogP contribution in [0, 0.1) is 0 Å². The highest BCUT2D eigenvalue weighted by Gasteiger charge is 2.11. The van der Waals surface area contributed by atoms with Crippen molar-refractivity contribution in [3.05, 3.63) is 48.6 Å². The molecule has 1 amide bonds. The van der Waals surface area contributed by atoms with Crippen LogP contribution in [0.2, 0.25) is 0 Å². The van der Waals surface area contributed by atoms with Crippen LogP contribution in [0.5, 0.6) is 5.75 Å². The first-order chi connectivity index (χ1) is 11.1. The zero-order chi connectivity index (χ0) is 17.1. The number of hydrogen-bond donors (Lipinski definition) is 0. The average Bonchev–Trinajstić information content (AvgIpc) is 2.57. The summed E-state index contributed by atoms with van der Waals surface area (Å²) in [5.74, 6) is 0.230. The lowest BCUT2D eigenvalue weighted by Crippen LogP contribution is -2.32. The first-order valence-electron chi connectivity index (χ1n) is 7.48. The minimum Gasteiger partial charge on any atom is -0.497 e. The van der Waals surface area contributed by atoms with Gasteiger partial charge in [-0.25, -0.2) is 0 Å². The Bertz CT molecular complexity index is 566. The Balaban J connectivity index is 2.67. The van der Waals surface area contributed by atoms with E-state index in [1.165, 1.54) is 6.08 Å². The predicted octanol–water partition coefficient (Wildman–Crippen LogP) is 2.68. The van der Waals surface area contributed by atoms with Gasteiger partial charge in [-0.2, -0.15) is 0 Å². The van der Waals surface area contributed by atoms with Crippen molar-refractivity contribution in [1.29, 1.82) is 0 Å². The molecule has 0 saturated heterocycles. The van der Waals surface area contributed by atoms with E-state index in [9.17, 15) is 9.59 Å². The van der Waals surface area contributed by atoms with Crippen LogP contribution in [0.15, 0.2) is 43.0 Å². The molecule has 0 aliphatic rings. The maximum absolute atomic E-state index is 12.2. The van der Waals surface area contributed by atoms with Crippen molar-refractivity contribution in [2.75, 3.05) is 26.8 Å². The highest BCUT2D eigenvalue weighted by Crippen LogP contribution is 2.13. The smallest absolute Gasteiger partial charge is 0.307 e. The monoisotopic (exact) mass is 317 g/mol. The Hall–Kier alpha value is -2.56. The number of carbonyl (C=O) groups is 2. The summed E-state index contributed by atoms with van der Waals surface area (Å²) in [5.41, 5.74) is 0.863. The third-order valence-electron chi connectivity index (χ3n) is 3.06. The standard InChI is InChI=1S/C18H23NO4/c1-4-12-19(13-11-18(21)23-5-2)17(20)10-9-15-7-6-8-16(14-15)22-3/h4,6-10,14H,1,5,11-13H2,2-3H3/b10-9+. The summed E-state index contributed by atoms with van der Waals surface area (Å²) >= 11 is 0. The summed E-state index contributed by atoms with van der Waals surface area (Å²) in [6.45, 7) is 6.40. The van der Waals surface area contributed by atoms with Crippen molar-refractivity contribution in [3.8, 4) is 5.75 Å². The number of methoxy groups -OCH3 is 1. The van der Waals surface area contributed by atoms with Gasteiger partial charge >= 0.3 is 5.97 Å². The van der Waals surface area contributed by atoms with Crippen molar-refractivity contribution in [2.24, 2.45) is 0 Å². The van der Waals surface area contributed by atoms with Gasteiger partial charge in [0.25, 0.3) is 0 Å². The molecule has 0 bridgehead atoms. The lowest BCUT2D eigenvalue weighted by atomic mass is 10.2.